The molecule has 0 radical (unpaired) electrons. The third-order valence-corrected chi connectivity index (χ3v) is 2.13. The number of nitrogens with one attached hydrogen (secondary N) is 1. The fourth-order valence-corrected chi connectivity index (χ4v) is 1.28. The molecule has 0 fully saturated rings. The van der Waals surface area contributed by atoms with Gasteiger partial charge in [0.25, 0.3) is 0 Å². The Kier molecular flexibility index (Phi) is 5.69. The third kappa shape index (κ3) is 4.56. The zero-order valence-corrected chi connectivity index (χ0v) is 11.0. The topological polar surface area (TPSA) is 56.3 Å². The Morgan fingerprint density at radius 3 is 2.65 bits per heavy atom. The number of hydrogen-bond donors (Lipinski definition) is 1. The van der Waals surface area contributed by atoms with Gasteiger partial charge in [-0.1, -0.05) is 13.8 Å². The van der Waals surface area contributed by atoms with Gasteiger partial charge in [-0.15, -0.1) is 0 Å². The quantitative estimate of drug-likeness (QED) is 0.738. The molecule has 0 spiro atoms. The van der Waals surface area contributed by atoms with E-state index in [9.17, 15) is 0 Å². The summed E-state index contributed by atoms with van der Waals surface area (Å²) < 4.78 is 10.4. The highest BCUT2D eigenvalue weighted by Crippen LogP contribution is 2.18. The standard InChI is InChI=1S/C12H21N3O2/c1-5-13-10-8-11(17-7-6-16-4)15-12(14-10)9(2)3/h8-9H,5-7H2,1-4H3,(H,13,14,15). The fourth-order valence-electron chi connectivity index (χ4n) is 1.28. The van der Waals surface area contributed by atoms with Gasteiger partial charge in [0.1, 0.15) is 18.2 Å². The number of nitrogens with zero attached hydrogens (tertiary/aromatic N) is 2. The maximum atomic E-state index is 5.51. The normalized spacial score (nSPS) is 10.6. The molecule has 5 nitrogen and oxygen atoms in total. The van der Waals surface area contributed by atoms with Crippen LogP contribution in [0.1, 0.15) is 32.5 Å². The predicted octanol–water partition coefficient (Wildman–Crippen LogP) is 2.06. The van der Waals surface area contributed by atoms with Gasteiger partial charge in [-0.2, -0.15) is 4.98 Å². The summed E-state index contributed by atoms with van der Waals surface area (Å²) in [6, 6.07) is 1.81. The molecule has 1 rings (SSSR count). The van der Waals surface area contributed by atoms with Crippen molar-refractivity contribution < 1.29 is 9.47 Å². The number of anilines is 1. The molecule has 17 heavy (non-hydrogen) atoms. The van der Waals surface area contributed by atoms with Crippen molar-refractivity contribution in [1.29, 1.82) is 0 Å². The van der Waals surface area contributed by atoms with Crippen molar-refractivity contribution in [3.8, 4) is 5.88 Å². The lowest BCUT2D eigenvalue weighted by molar-refractivity contribution is 0.143. The maximum absolute atomic E-state index is 5.51. The van der Waals surface area contributed by atoms with E-state index in [2.05, 4.69) is 29.1 Å². The predicted molar refractivity (Wildman–Crippen MR) is 67.7 cm³/mol. The first-order valence-corrected chi connectivity index (χ1v) is 5.92. The average molecular weight is 239 g/mol. The zero-order valence-electron chi connectivity index (χ0n) is 11.0. The number of aromatic nitrogens is 2. The van der Waals surface area contributed by atoms with Crippen LogP contribution in [0, 0.1) is 0 Å². The molecule has 0 saturated carbocycles. The first-order chi connectivity index (χ1) is 8.17. The first kappa shape index (κ1) is 13.7. The molecule has 0 atom stereocenters. The maximum Gasteiger partial charge on any atom is 0.218 e. The lowest BCUT2D eigenvalue weighted by Gasteiger charge is -2.11. The molecule has 0 aliphatic heterocycles. The summed E-state index contributed by atoms with van der Waals surface area (Å²) in [7, 11) is 1.65. The third-order valence-electron chi connectivity index (χ3n) is 2.13. The van der Waals surface area contributed by atoms with Crippen molar-refractivity contribution >= 4 is 5.82 Å². The number of methoxy groups -OCH3 is 1. The molecule has 0 aliphatic rings. The van der Waals surface area contributed by atoms with Crippen molar-refractivity contribution in [3.63, 3.8) is 0 Å². The molecule has 1 aromatic heterocycles. The van der Waals surface area contributed by atoms with Gasteiger partial charge in [-0.25, -0.2) is 4.98 Å². The molecule has 0 saturated heterocycles. The summed E-state index contributed by atoms with van der Waals surface area (Å²) >= 11 is 0. The van der Waals surface area contributed by atoms with Crippen molar-refractivity contribution in [3.05, 3.63) is 11.9 Å². The summed E-state index contributed by atoms with van der Waals surface area (Å²) in [4.78, 5) is 8.78. The van der Waals surface area contributed by atoms with Crippen LogP contribution in [0.3, 0.4) is 0 Å². The van der Waals surface area contributed by atoms with Gasteiger partial charge >= 0.3 is 0 Å². The van der Waals surface area contributed by atoms with Crippen LogP contribution in [-0.4, -0.2) is 36.8 Å². The Hall–Kier alpha value is -1.36. The van der Waals surface area contributed by atoms with Crippen molar-refractivity contribution in [2.45, 2.75) is 26.7 Å². The van der Waals surface area contributed by atoms with E-state index in [-0.39, 0.29) is 5.92 Å². The van der Waals surface area contributed by atoms with Crippen LogP contribution in [0.5, 0.6) is 5.88 Å². The van der Waals surface area contributed by atoms with Crippen LogP contribution >= 0.6 is 0 Å². The molecule has 0 bridgehead atoms. The lowest BCUT2D eigenvalue weighted by Crippen LogP contribution is -2.09. The molecular weight excluding hydrogens is 218 g/mol. The largest absolute Gasteiger partial charge is 0.475 e. The van der Waals surface area contributed by atoms with E-state index in [0.717, 1.165) is 18.2 Å². The highest BCUT2D eigenvalue weighted by Gasteiger charge is 2.08. The van der Waals surface area contributed by atoms with Gasteiger partial charge in [0.2, 0.25) is 5.88 Å². The Labute approximate surface area is 103 Å². The van der Waals surface area contributed by atoms with Crippen molar-refractivity contribution in [1.82, 2.24) is 9.97 Å². The van der Waals surface area contributed by atoms with Crippen molar-refractivity contribution in [2.75, 3.05) is 32.2 Å². The van der Waals surface area contributed by atoms with E-state index in [1.165, 1.54) is 0 Å². The second-order valence-electron chi connectivity index (χ2n) is 3.98. The van der Waals surface area contributed by atoms with Crippen LogP contribution < -0.4 is 10.1 Å². The number of ether oxygens (including phenoxy) is 2. The smallest absolute Gasteiger partial charge is 0.218 e. The molecule has 1 N–H and O–H groups in total. The van der Waals surface area contributed by atoms with Gasteiger partial charge in [0.05, 0.1) is 6.61 Å². The van der Waals surface area contributed by atoms with E-state index in [0.29, 0.717) is 19.1 Å². The lowest BCUT2D eigenvalue weighted by atomic mass is 10.2. The van der Waals surface area contributed by atoms with E-state index in [4.69, 9.17) is 9.47 Å². The summed E-state index contributed by atoms with van der Waals surface area (Å²) in [5.74, 6) is 2.46. The molecule has 1 aromatic rings. The minimum atomic E-state index is 0.276. The molecule has 0 aliphatic carbocycles. The first-order valence-electron chi connectivity index (χ1n) is 5.92. The van der Waals surface area contributed by atoms with Crippen LogP contribution in [0.25, 0.3) is 0 Å². The zero-order chi connectivity index (χ0) is 12.7. The monoisotopic (exact) mass is 239 g/mol. The summed E-state index contributed by atoms with van der Waals surface area (Å²) in [6.45, 7) is 8.02. The summed E-state index contributed by atoms with van der Waals surface area (Å²) in [5.41, 5.74) is 0. The van der Waals surface area contributed by atoms with E-state index in [1.807, 2.05) is 13.0 Å². The van der Waals surface area contributed by atoms with Crippen LogP contribution in [0.2, 0.25) is 0 Å². The average Bonchev–Trinajstić information content (AvgIpc) is 2.29. The van der Waals surface area contributed by atoms with E-state index in [1.54, 1.807) is 7.11 Å². The second-order valence-corrected chi connectivity index (χ2v) is 3.98. The molecular formula is C12H21N3O2. The van der Waals surface area contributed by atoms with Crippen molar-refractivity contribution in [2.24, 2.45) is 0 Å². The number of hydrogen-bond acceptors (Lipinski definition) is 5. The highest BCUT2D eigenvalue weighted by molar-refractivity contribution is 5.38. The van der Waals surface area contributed by atoms with E-state index >= 15 is 0 Å². The van der Waals surface area contributed by atoms with Crippen LogP contribution in [0.15, 0.2) is 6.07 Å². The SMILES string of the molecule is CCNc1cc(OCCOC)nc(C(C)C)n1. The molecule has 1 heterocycles. The van der Waals surface area contributed by atoms with Gasteiger partial charge < -0.3 is 14.8 Å². The molecule has 0 aromatic carbocycles. The Morgan fingerprint density at radius 2 is 2.06 bits per heavy atom. The van der Waals surface area contributed by atoms with E-state index < -0.39 is 0 Å². The van der Waals surface area contributed by atoms with Crippen LogP contribution in [-0.2, 0) is 4.74 Å². The fraction of sp³-hybridized carbons (Fsp3) is 0.667. The molecule has 0 amide bonds. The molecule has 96 valence electrons. The van der Waals surface area contributed by atoms with Gasteiger partial charge in [-0.05, 0) is 6.92 Å². The Morgan fingerprint density at radius 1 is 1.29 bits per heavy atom. The molecule has 0 unspecified atom stereocenters. The second kappa shape index (κ2) is 7.06. The molecule has 5 heteroatoms. The highest BCUT2D eigenvalue weighted by atomic mass is 16.5. The van der Waals surface area contributed by atoms with Crippen LogP contribution in [0.4, 0.5) is 5.82 Å². The summed E-state index contributed by atoms with van der Waals surface area (Å²) in [6.07, 6.45) is 0. The summed E-state index contributed by atoms with van der Waals surface area (Å²) in [5, 5.41) is 3.17. The Balaban J connectivity index is 2.79. The van der Waals surface area contributed by atoms with Gasteiger partial charge in [-0.3, -0.25) is 0 Å². The number of rotatable bonds is 7. The van der Waals surface area contributed by atoms with Gasteiger partial charge in [0.15, 0.2) is 0 Å². The minimum Gasteiger partial charge on any atom is -0.475 e. The Bertz CT molecular complexity index is 343. The van der Waals surface area contributed by atoms with Gasteiger partial charge in [0, 0.05) is 25.6 Å². The minimum absolute atomic E-state index is 0.276.